The van der Waals surface area contributed by atoms with Gasteiger partial charge in [0.15, 0.2) is 0 Å². The van der Waals surface area contributed by atoms with E-state index in [1.54, 1.807) is 0 Å². The van der Waals surface area contributed by atoms with E-state index in [0.29, 0.717) is 6.04 Å². The van der Waals surface area contributed by atoms with Crippen LogP contribution in [0.3, 0.4) is 0 Å². The Bertz CT molecular complexity index is 622. The molecular formula is C16H15Br2N. The summed E-state index contributed by atoms with van der Waals surface area (Å²) in [5.74, 6) is 0. The van der Waals surface area contributed by atoms with Gasteiger partial charge in [-0.2, -0.15) is 0 Å². The molecule has 1 aliphatic carbocycles. The number of fused-ring (bicyclic) bond motifs is 1. The molecule has 0 fully saturated rings. The van der Waals surface area contributed by atoms with E-state index < -0.39 is 0 Å². The fraction of sp³-hybridized carbons (Fsp3) is 0.250. The van der Waals surface area contributed by atoms with Crippen LogP contribution in [0.5, 0.6) is 0 Å². The van der Waals surface area contributed by atoms with Crippen LogP contribution < -0.4 is 5.32 Å². The predicted molar refractivity (Wildman–Crippen MR) is 87.7 cm³/mol. The van der Waals surface area contributed by atoms with Crippen LogP contribution in [0.1, 0.15) is 29.2 Å². The first-order valence-electron chi connectivity index (χ1n) is 6.45. The third-order valence-electron chi connectivity index (χ3n) is 3.74. The zero-order chi connectivity index (χ0) is 13.4. The minimum Gasteiger partial charge on any atom is -0.378 e. The van der Waals surface area contributed by atoms with Crippen molar-refractivity contribution in [2.24, 2.45) is 0 Å². The molecule has 1 nitrogen and oxygen atoms in total. The number of halogens is 2. The topological polar surface area (TPSA) is 12.0 Å². The van der Waals surface area contributed by atoms with Gasteiger partial charge >= 0.3 is 0 Å². The Morgan fingerprint density at radius 3 is 2.84 bits per heavy atom. The summed E-state index contributed by atoms with van der Waals surface area (Å²) in [4.78, 5) is 0. The zero-order valence-electron chi connectivity index (χ0n) is 10.7. The number of nitrogens with one attached hydrogen (secondary N) is 1. The summed E-state index contributed by atoms with van der Waals surface area (Å²) in [6.45, 7) is 2.14. The standard InChI is InChI=1S/C16H15Br2N/c1-10-5-6-11(17)9-16(10)19-15-8-7-12-13(15)3-2-4-14(12)18/h2-6,9,15,19H,7-8H2,1H3. The van der Waals surface area contributed by atoms with E-state index >= 15 is 0 Å². The number of rotatable bonds is 2. The van der Waals surface area contributed by atoms with Gasteiger partial charge in [-0.05, 0) is 54.7 Å². The van der Waals surface area contributed by atoms with Crippen molar-refractivity contribution in [3.8, 4) is 0 Å². The number of aryl methyl sites for hydroxylation is 1. The maximum absolute atomic E-state index is 3.68. The molecule has 1 unspecified atom stereocenters. The molecule has 0 heterocycles. The first-order chi connectivity index (χ1) is 9.15. The van der Waals surface area contributed by atoms with Crippen molar-refractivity contribution in [2.75, 3.05) is 5.32 Å². The normalized spacial score (nSPS) is 17.3. The van der Waals surface area contributed by atoms with Crippen molar-refractivity contribution >= 4 is 37.5 Å². The summed E-state index contributed by atoms with van der Waals surface area (Å²) in [6, 6.07) is 13.3. The van der Waals surface area contributed by atoms with Crippen LogP contribution in [-0.2, 0) is 6.42 Å². The molecular weight excluding hydrogens is 366 g/mol. The van der Waals surface area contributed by atoms with E-state index in [-0.39, 0.29) is 0 Å². The van der Waals surface area contributed by atoms with Crippen LogP contribution in [0.15, 0.2) is 45.3 Å². The van der Waals surface area contributed by atoms with E-state index in [0.717, 1.165) is 17.3 Å². The summed E-state index contributed by atoms with van der Waals surface area (Å²) < 4.78 is 2.35. The van der Waals surface area contributed by atoms with Crippen LogP contribution in [0, 0.1) is 6.92 Å². The van der Waals surface area contributed by atoms with E-state index in [1.807, 2.05) is 0 Å². The van der Waals surface area contributed by atoms with Gasteiger partial charge < -0.3 is 5.32 Å². The second-order valence-electron chi connectivity index (χ2n) is 5.00. The number of anilines is 1. The molecule has 0 spiro atoms. The second kappa shape index (κ2) is 5.29. The van der Waals surface area contributed by atoms with Gasteiger partial charge in [-0.25, -0.2) is 0 Å². The molecule has 1 aliphatic rings. The molecule has 1 N–H and O–H groups in total. The minimum atomic E-state index is 0.417. The van der Waals surface area contributed by atoms with Gasteiger partial charge in [0, 0.05) is 14.6 Å². The predicted octanol–water partition coefficient (Wildman–Crippen LogP) is 5.62. The number of hydrogen-bond donors (Lipinski definition) is 1. The summed E-state index contributed by atoms with van der Waals surface area (Å²) in [7, 11) is 0. The molecule has 0 radical (unpaired) electrons. The largest absolute Gasteiger partial charge is 0.378 e. The lowest BCUT2D eigenvalue weighted by atomic mass is 10.1. The van der Waals surface area contributed by atoms with E-state index in [1.165, 1.54) is 26.9 Å². The molecule has 98 valence electrons. The second-order valence-corrected chi connectivity index (χ2v) is 6.77. The Morgan fingerprint density at radius 1 is 1.16 bits per heavy atom. The summed E-state index contributed by atoms with van der Waals surface area (Å²) in [5, 5.41) is 3.68. The van der Waals surface area contributed by atoms with Crippen molar-refractivity contribution in [2.45, 2.75) is 25.8 Å². The monoisotopic (exact) mass is 379 g/mol. The minimum absolute atomic E-state index is 0.417. The van der Waals surface area contributed by atoms with Gasteiger partial charge in [0.1, 0.15) is 0 Å². The quantitative estimate of drug-likeness (QED) is 0.712. The first kappa shape index (κ1) is 13.2. The van der Waals surface area contributed by atoms with Gasteiger partial charge in [0.25, 0.3) is 0 Å². The molecule has 2 aromatic rings. The Balaban J connectivity index is 1.91. The molecule has 2 aromatic carbocycles. The van der Waals surface area contributed by atoms with Gasteiger partial charge in [-0.15, -0.1) is 0 Å². The van der Waals surface area contributed by atoms with Gasteiger partial charge in [-0.3, -0.25) is 0 Å². The average Bonchev–Trinajstić information content (AvgIpc) is 2.79. The molecule has 0 aromatic heterocycles. The Morgan fingerprint density at radius 2 is 2.00 bits per heavy atom. The molecule has 0 saturated heterocycles. The lowest BCUT2D eigenvalue weighted by molar-refractivity contribution is 0.761. The maximum Gasteiger partial charge on any atom is 0.0520 e. The SMILES string of the molecule is Cc1ccc(Br)cc1NC1CCc2c(Br)cccc21. The molecule has 0 saturated carbocycles. The molecule has 1 atom stereocenters. The number of benzene rings is 2. The molecule has 3 heteroatoms. The molecule has 0 bridgehead atoms. The highest BCUT2D eigenvalue weighted by atomic mass is 79.9. The van der Waals surface area contributed by atoms with E-state index in [9.17, 15) is 0 Å². The van der Waals surface area contributed by atoms with Gasteiger partial charge in [0.05, 0.1) is 6.04 Å². The average molecular weight is 381 g/mol. The summed E-state index contributed by atoms with van der Waals surface area (Å²) in [6.07, 6.45) is 2.30. The highest BCUT2D eigenvalue weighted by Gasteiger charge is 2.24. The molecule has 3 rings (SSSR count). The molecule has 19 heavy (non-hydrogen) atoms. The summed E-state index contributed by atoms with van der Waals surface area (Å²) >= 11 is 7.19. The third-order valence-corrected chi connectivity index (χ3v) is 4.98. The Hall–Kier alpha value is -0.800. The van der Waals surface area contributed by atoms with Crippen molar-refractivity contribution < 1.29 is 0 Å². The van der Waals surface area contributed by atoms with Crippen LogP contribution in [0.25, 0.3) is 0 Å². The van der Waals surface area contributed by atoms with Crippen molar-refractivity contribution in [1.82, 2.24) is 0 Å². The smallest absolute Gasteiger partial charge is 0.0520 e. The fourth-order valence-electron chi connectivity index (χ4n) is 2.70. The van der Waals surface area contributed by atoms with Crippen LogP contribution in [-0.4, -0.2) is 0 Å². The lowest BCUT2D eigenvalue weighted by Crippen LogP contribution is -2.08. The highest BCUT2D eigenvalue weighted by molar-refractivity contribution is 9.10. The van der Waals surface area contributed by atoms with Gasteiger partial charge in [0.2, 0.25) is 0 Å². The number of hydrogen-bond acceptors (Lipinski definition) is 1. The van der Waals surface area contributed by atoms with Gasteiger partial charge in [-0.1, -0.05) is 50.1 Å². The first-order valence-corrected chi connectivity index (χ1v) is 8.04. The zero-order valence-corrected chi connectivity index (χ0v) is 13.9. The highest BCUT2D eigenvalue weighted by Crippen LogP contribution is 2.38. The fourth-order valence-corrected chi connectivity index (χ4v) is 3.64. The molecule has 0 amide bonds. The summed E-state index contributed by atoms with van der Waals surface area (Å²) in [5.41, 5.74) is 5.38. The third kappa shape index (κ3) is 2.59. The van der Waals surface area contributed by atoms with E-state index in [2.05, 4.69) is 80.5 Å². The van der Waals surface area contributed by atoms with Crippen LogP contribution in [0.4, 0.5) is 5.69 Å². The molecule has 0 aliphatic heterocycles. The van der Waals surface area contributed by atoms with Crippen molar-refractivity contribution in [3.63, 3.8) is 0 Å². The van der Waals surface area contributed by atoms with Crippen molar-refractivity contribution in [1.29, 1.82) is 0 Å². The van der Waals surface area contributed by atoms with Crippen LogP contribution >= 0.6 is 31.9 Å². The Labute approximate surface area is 130 Å². The maximum atomic E-state index is 3.68. The van der Waals surface area contributed by atoms with E-state index in [4.69, 9.17) is 0 Å². The Kier molecular flexibility index (Phi) is 3.68. The van der Waals surface area contributed by atoms with Crippen molar-refractivity contribution in [3.05, 3.63) is 62.0 Å². The van der Waals surface area contributed by atoms with Crippen LogP contribution in [0.2, 0.25) is 0 Å². The lowest BCUT2D eigenvalue weighted by Gasteiger charge is -2.18.